The van der Waals surface area contributed by atoms with Crippen LogP contribution < -0.4 is 0 Å². The highest BCUT2D eigenvalue weighted by atomic mass is 19.4. The Balaban J connectivity index is 1.56. The van der Waals surface area contributed by atoms with Gasteiger partial charge in [-0.1, -0.05) is 0 Å². The maximum absolute atomic E-state index is 12.8. The molecule has 8 nitrogen and oxygen atoms in total. The molecule has 0 saturated carbocycles. The van der Waals surface area contributed by atoms with Crippen molar-refractivity contribution in [2.75, 3.05) is 19.7 Å². The number of halogens is 3. The number of aromatic nitrogens is 4. The number of amides is 1. The largest absolute Gasteiger partial charge is 0.462 e. The summed E-state index contributed by atoms with van der Waals surface area (Å²) in [6, 6.07) is 0.962. The summed E-state index contributed by atoms with van der Waals surface area (Å²) < 4.78 is 46.0. The van der Waals surface area contributed by atoms with Gasteiger partial charge in [0.25, 0.3) is 0 Å². The Morgan fingerprint density at radius 1 is 1.28 bits per heavy atom. The second-order valence-electron chi connectivity index (χ2n) is 6.87. The highest BCUT2D eigenvalue weighted by Crippen LogP contribution is 2.28. The van der Waals surface area contributed by atoms with Gasteiger partial charge in [-0.15, -0.1) is 0 Å². The van der Waals surface area contributed by atoms with E-state index in [2.05, 4.69) is 10.2 Å². The van der Waals surface area contributed by atoms with Gasteiger partial charge in [-0.2, -0.15) is 23.4 Å². The van der Waals surface area contributed by atoms with Crippen LogP contribution in [-0.4, -0.2) is 56.0 Å². The zero-order valence-electron chi connectivity index (χ0n) is 16.1. The second kappa shape index (κ2) is 8.26. The molecular formula is C18H22F3N5O3. The van der Waals surface area contributed by atoms with Gasteiger partial charge in [-0.05, 0) is 32.8 Å². The molecule has 11 heteroatoms. The predicted molar refractivity (Wildman–Crippen MR) is 95.0 cm³/mol. The van der Waals surface area contributed by atoms with Crippen LogP contribution in [-0.2, 0) is 22.3 Å². The van der Waals surface area contributed by atoms with E-state index >= 15 is 0 Å². The quantitative estimate of drug-likeness (QED) is 0.704. The molecule has 0 aromatic carbocycles. The topological polar surface area (TPSA) is 82.3 Å². The van der Waals surface area contributed by atoms with Crippen molar-refractivity contribution in [2.24, 2.45) is 0 Å². The van der Waals surface area contributed by atoms with E-state index in [-0.39, 0.29) is 30.8 Å². The summed E-state index contributed by atoms with van der Waals surface area (Å²) in [5.74, 6) is -0.713. The van der Waals surface area contributed by atoms with Crippen LogP contribution in [0, 0.1) is 6.92 Å². The minimum Gasteiger partial charge on any atom is -0.462 e. The Hall–Kier alpha value is -2.85. The molecule has 0 bridgehead atoms. The summed E-state index contributed by atoms with van der Waals surface area (Å²) in [4.78, 5) is 25.8. The molecule has 1 aliphatic heterocycles. The molecule has 0 aliphatic carbocycles. The number of hydrogen-bond donors (Lipinski definition) is 0. The first kappa shape index (κ1) is 20.9. The number of likely N-dealkylation sites (tertiary alicyclic amines) is 1. The number of carbonyl (C=O) groups is 2. The van der Waals surface area contributed by atoms with Crippen molar-refractivity contribution < 1.29 is 27.5 Å². The van der Waals surface area contributed by atoms with Crippen molar-refractivity contribution in [3.8, 4) is 0 Å². The average molecular weight is 413 g/mol. The molecule has 1 saturated heterocycles. The van der Waals surface area contributed by atoms with Crippen LogP contribution in [0.1, 0.15) is 47.6 Å². The zero-order chi connectivity index (χ0) is 21.2. The molecule has 0 atom stereocenters. The normalized spacial score (nSPS) is 15.6. The molecule has 158 valence electrons. The van der Waals surface area contributed by atoms with Crippen LogP contribution in [0.5, 0.6) is 0 Å². The minimum absolute atomic E-state index is 0.0329. The van der Waals surface area contributed by atoms with Gasteiger partial charge in [0.05, 0.1) is 24.4 Å². The van der Waals surface area contributed by atoms with Gasteiger partial charge in [0, 0.05) is 25.0 Å². The van der Waals surface area contributed by atoms with Crippen molar-refractivity contribution in [3.05, 3.63) is 35.4 Å². The van der Waals surface area contributed by atoms with Crippen molar-refractivity contribution in [1.29, 1.82) is 0 Å². The number of alkyl halides is 3. The Morgan fingerprint density at radius 3 is 2.55 bits per heavy atom. The van der Waals surface area contributed by atoms with Gasteiger partial charge in [-0.3, -0.25) is 14.2 Å². The Morgan fingerprint density at radius 2 is 1.97 bits per heavy atom. The van der Waals surface area contributed by atoms with E-state index in [1.54, 1.807) is 22.7 Å². The van der Waals surface area contributed by atoms with Gasteiger partial charge in [0.2, 0.25) is 5.91 Å². The molecule has 3 rings (SSSR count). The number of esters is 1. The standard InChI is InChI=1S/C18H22F3N5O3/c1-3-29-17(28)13-9-22-26(10-13)14-4-6-24(7-5-14)16(27)11-25-12(2)8-15(23-25)18(19,20)21/h8-10,14H,3-7,11H2,1-2H3. The molecule has 2 aromatic heterocycles. The molecule has 0 unspecified atom stereocenters. The number of hydrogen-bond acceptors (Lipinski definition) is 5. The molecule has 1 fully saturated rings. The summed E-state index contributed by atoms with van der Waals surface area (Å²) in [6.45, 7) is 4.16. The van der Waals surface area contributed by atoms with E-state index in [1.807, 2.05) is 0 Å². The Bertz CT molecular complexity index is 882. The van der Waals surface area contributed by atoms with E-state index in [1.165, 1.54) is 13.1 Å². The lowest BCUT2D eigenvalue weighted by atomic mass is 10.1. The maximum atomic E-state index is 12.8. The highest BCUT2D eigenvalue weighted by Gasteiger charge is 2.35. The minimum atomic E-state index is -4.54. The van der Waals surface area contributed by atoms with Gasteiger partial charge < -0.3 is 9.64 Å². The van der Waals surface area contributed by atoms with Crippen molar-refractivity contribution in [3.63, 3.8) is 0 Å². The summed E-state index contributed by atoms with van der Waals surface area (Å²) in [7, 11) is 0. The summed E-state index contributed by atoms with van der Waals surface area (Å²) in [5.41, 5.74) is -0.346. The second-order valence-corrected chi connectivity index (χ2v) is 6.87. The van der Waals surface area contributed by atoms with Gasteiger partial charge >= 0.3 is 12.1 Å². The van der Waals surface area contributed by atoms with Crippen LogP contribution in [0.25, 0.3) is 0 Å². The molecule has 29 heavy (non-hydrogen) atoms. The zero-order valence-corrected chi connectivity index (χ0v) is 16.1. The van der Waals surface area contributed by atoms with Gasteiger partial charge in [0.15, 0.2) is 5.69 Å². The molecular weight excluding hydrogens is 391 g/mol. The fourth-order valence-electron chi connectivity index (χ4n) is 3.27. The van der Waals surface area contributed by atoms with Crippen LogP contribution in [0.2, 0.25) is 0 Å². The molecule has 1 amide bonds. The lowest BCUT2D eigenvalue weighted by Gasteiger charge is -2.32. The molecule has 3 heterocycles. The van der Waals surface area contributed by atoms with Crippen molar-refractivity contribution in [1.82, 2.24) is 24.5 Å². The molecule has 0 radical (unpaired) electrons. The first-order valence-electron chi connectivity index (χ1n) is 9.29. The fraction of sp³-hybridized carbons (Fsp3) is 0.556. The molecule has 2 aromatic rings. The molecule has 1 aliphatic rings. The van der Waals surface area contributed by atoms with E-state index in [4.69, 9.17) is 4.74 Å². The maximum Gasteiger partial charge on any atom is 0.435 e. The predicted octanol–water partition coefficient (Wildman–Crippen LogP) is 2.45. The van der Waals surface area contributed by atoms with Gasteiger partial charge in [0.1, 0.15) is 6.54 Å². The van der Waals surface area contributed by atoms with E-state index in [9.17, 15) is 22.8 Å². The SMILES string of the molecule is CCOC(=O)c1cnn(C2CCN(C(=O)Cn3nc(C(F)(F)F)cc3C)CC2)c1. The third-order valence-corrected chi connectivity index (χ3v) is 4.86. The smallest absolute Gasteiger partial charge is 0.435 e. The van der Waals surface area contributed by atoms with Crippen LogP contribution in [0.15, 0.2) is 18.5 Å². The third-order valence-electron chi connectivity index (χ3n) is 4.86. The van der Waals surface area contributed by atoms with Crippen LogP contribution in [0.3, 0.4) is 0 Å². The number of carbonyl (C=O) groups excluding carboxylic acids is 2. The van der Waals surface area contributed by atoms with Crippen LogP contribution >= 0.6 is 0 Å². The molecule has 0 N–H and O–H groups in total. The fourth-order valence-corrected chi connectivity index (χ4v) is 3.27. The highest BCUT2D eigenvalue weighted by molar-refractivity contribution is 5.88. The average Bonchev–Trinajstić information content (AvgIpc) is 3.29. The van der Waals surface area contributed by atoms with Gasteiger partial charge in [-0.25, -0.2) is 4.79 Å². The monoisotopic (exact) mass is 413 g/mol. The lowest BCUT2D eigenvalue weighted by Crippen LogP contribution is -2.41. The number of piperidine rings is 1. The summed E-state index contributed by atoms with van der Waals surface area (Å²) in [6.07, 6.45) is -0.202. The Kier molecular flexibility index (Phi) is 5.94. The summed E-state index contributed by atoms with van der Waals surface area (Å²) >= 11 is 0. The van der Waals surface area contributed by atoms with Crippen molar-refractivity contribution >= 4 is 11.9 Å². The Labute approximate surface area is 165 Å². The third kappa shape index (κ3) is 4.77. The van der Waals surface area contributed by atoms with Crippen LogP contribution in [0.4, 0.5) is 13.2 Å². The number of nitrogens with zero attached hydrogens (tertiary/aromatic N) is 5. The summed E-state index contributed by atoms with van der Waals surface area (Å²) in [5, 5.41) is 7.71. The molecule has 0 spiro atoms. The first-order valence-corrected chi connectivity index (χ1v) is 9.29. The van der Waals surface area contributed by atoms with E-state index < -0.39 is 17.8 Å². The number of aryl methyl sites for hydroxylation is 1. The van der Waals surface area contributed by atoms with E-state index in [0.717, 1.165) is 10.7 Å². The number of ether oxygens (including phenoxy) is 1. The van der Waals surface area contributed by atoms with Crippen molar-refractivity contribution in [2.45, 2.75) is 45.5 Å². The number of rotatable bonds is 5. The van der Waals surface area contributed by atoms with E-state index in [0.29, 0.717) is 31.5 Å². The first-order chi connectivity index (χ1) is 13.7. The lowest BCUT2D eigenvalue weighted by molar-refractivity contribution is -0.142.